The van der Waals surface area contributed by atoms with Crippen molar-refractivity contribution in [1.29, 1.82) is 0 Å². The number of hydrogen-bond donors (Lipinski definition) is 1. The topological polar surface area (TPSA) is 138 Å². The average molecular weight is 755 g/mol. The van der Waals surface area contributed by atoms with Crippen molar-refractivity contribution >= 4 is 26.1 Å². The molecule has 5 aromatic rings. The lowest BCUT2D eigenvalue weighted by molar-refractivity contribution is -0.00578. The maximum Gasteiger partial charge on any atom is 0.339 e. The third-order valence-electron chi connectivity index (χ3n) is 9.03. The van der Waals surface area contributed by atoms with E-state index in [2.05, 4.69) is 5.32 Å². The third-order valence-corrected chi connectivity index (χ3v) is 11.5. The van der Waals surface area contributed by atoms with E-state index in [0.29, 0.717) is 25.8 Å². The summed E-state index contributed by atoms with van der Waals surface area (Å²) in [5.41, 5.74) is 5.19. The zero-order chi connectivity index (χ0) is 37.2. The first kappa shape index (κ1) is 36.2. The Kier molecular flexibility index (Phi) is 10.3. The van der Waals surface area contributed by atoms with E-state index in [1.54, 1.807) is 29.2 Å². The number of rotatable bonds is 13. The number of nitrogens with one attached hydrogen (secondary N) is 1. The lowest BCUT2D eigenvalue weighted by Gasteiger charge is -2.27. The van der Waals surface area contributed by atoms with Crippen LogP contribution in [0.3, 0.4) is 0 Å². The molecule has 0 bridgehead atoms. The van der Waals surface area contributed by atoms with Crippen LogP contribution in [0.5, 0.6) is 17.2 Å². The molecule has 11 nitrogen and oxygen atoms in total. The van der Waals surface area contributed by atoms with Gasteiger partial charge < -0.3 is 28.1 Å². The summed E-state index contributed by atoms with van der Waals surface area (Å²) >= 11 is 0. The fourth-order valence-electron chi connectivity index (χ4n) is 5.97. The number of fused-ring (bicyclic) bond motifs is 1. The van der Waals surface area contributed by atoms with E-state index in [9.17, 15) is 21.6 Å². The van der Waals surface area contributed by atoms with Crippen molar-refractivity contribution in [1.82, 2.24) is 10.2 Å². The quantitative estimate of drug-likeness (QED) is 0.141. The number of ether oxygens (including phenoxy) is 2. The number of carbonyl (C=O) groups excluding carboxylic acids is 1. The van der Waals surface area contributed by atoms with Crippen LogP contribution in [0.25, 0.3) is 0 Å². The van der Waals surface area contributed by atoms with Gasteiger partial charge in [-0.05, 0) is 60.4 Å². The molecule has 13 heteroatoms. The lowest BCUT2D eigenvalue weighted by Crippen LogP contribution is -2.45. The maximum absolute atomic E-state index is 14.6. The van der Waals surface area contributed by atoms with Crippen LogP contribution >= 0.6 is 0 Å². The van der Waals surface area contributed by atoms with Gasteiger partial charge >= 0.3 is 20.2 Å². The van der Waals surface area contributed by atoms with E-state index in [-0.39, 0.29) is 46.5 Å². The summed E-state index contributed by atoms with van der Waals surface area (Å²) in [6.07, 6.45) is 0. The van der Waals surface area contributed by atoms with Crippen LogP contribution in [0.2, 0.25) is 0 Å². The molecule has 2 heterocycles. The van der Waals surface area contributed by atoms with Gasteiger partial charge in [-0.3, -0.25) is 4.79 Å². The molecular weight excluding hydrogens is 717 g/mol. The largest absolute Gasteiger partial charge is 0.488 e. The van der Waals surface area contributed by atoms with Crippen LogP contribution in [0.1, 0.15) is 43.7 Å². The van der Waals surface area contributed by atoms with Crippen molar-refractivity contribution in [2.45, 2.75) is 55.9 Å². The first-order valence-corrected chi connectivity index (χ1v) is 19.8. The second-order valence-electron chi connectivity index (χ2n) is 13.1. The van der Waals surface area contributed by atoms with Crippen LogP contribution in [-0.2, 0) is 51.2 Å². The summed E-state index contributed by atoms with van der Waals surface area (Å²) < 4.78 is 77.1. The molecule has 1 amide bonds. The highest BCUT2D eigenvalue weighted by atomic mass is 32.2. The second kappa shape index (κ2) is 15.0. The van der Waals surface area contributed by atoms with Gasteiger partial charge in [-0.2, -0.15) is 16.8 Å². The Morgan fingerprint density at radius 3 is 1.94 bits per heavy atom. The molecule has 53 heavy (non-hydrogen) atoms. The van der Waals surface area contributed by atoms with Crippen molar-refractivity contribution in [2.24, 2.45) is 0 Å². The van der Waals surface area contributed by atoms with E-state index in [4.69, 9.17) is 17.8 Å². The van der Waals surface area contributed by atoms with E-state index >= 15 is 0 Å². The predicted octanol–water partition coefficient (Wildman–Crippen LogP) is 6.06. The van der Waals surface area contributed by atoms with Gasteiger partial charge in [-0.25, -0.2) is 0 Å². The Hall–Kier alpha value is -5.21. The average Bonchev–Trinajstić information content (AvgIpc) is 3.54. The van der Waals surface area contributed by atoms with Crippen LogP contribution in [0.4, 0.5) is 0 Å². The van der Waals surface area contributed by atoms with Gasteiger partial charge in [0.15, 0.2) is 5.75 Å². The molecule has 7 rings (SSSR count). The van der Waals surface area contributed by atoms with Gasteiger partial charge in [-0.15, -0.1) is 0 Å². The molecule has 1 saturated heterocycles. The third kappa shape index (κ3) is 8.39. The summed E-state index contributed by atoms with van der Waals surface area (Å²) in [5, 5.41) is 3.45. The summed E-state index contributed by atoms with van der Waals surface area (Å²) in [6, 6.07) is 30.0. The van der Waals surface area contributed by atoms with Crippen LogP contribution in [0.15, 0.2) is 119 Å². The van der Waals surface area contributed by atoms with Crippen molar-refractivity contribution in [3.63, 3.8) is 0 Å². The van der Waals surface area contributed by atoms with Crippen molar-refractivity contribution in [2.75, 3.05) is 13.2 Å². The van der Waals surface area contributed by atoms with Crippen LogP contribution < -0.4 is 18.4 Å². The molecule has 0 spiro atoms. The summed E-state index contributed by atoms with van der Waals surface area (Å²) in [4.78, 5) is 15.9. The molecule has 0 saturated carbocycles. The molecule has 0 atom stereocenters. The van der Waals surface area contributed by atoms with E-state index in [1.807, 2.05) is 62.4 Å². The highest BCUT2D eigenvalue weighted by Crippen LogP contribution is 2.40. The van der Waals surface area contributed by atoms with Crippen molar-refractivity contribution < 1.29 is 39.5 Å². The Balaban J connectivity index is 1.28. The zero-order valence-electron chi connectivity index (χ0n) is 29.2. The smallest absolute Gasteiger partial charge is 0.339 e. The minimum absolute atomic E-state index is 0.0257. The van der Waals surface area contributed by atoms with Crippen molar-refractivity contribution in [3.05, 3.63) is 148 Å². The van der Waals surface area contributed by atoms with E-state index < -0.39 is 31.9 Å². The minimum atomic E-state index is -4.53. The molecule has 5 aromatic carbocycles. The molecule has 1 fully saturated rings. The Morgan fingerprint density at radius 2 is 1.32 bits per heavy atom. The van der Waals surface area contributed by atoms with Crippen LogP contribution in [0, 0.1) is 13.8 Å². The monoisotopic (exact) mass is 754 g/mol. The Labute approximate surface area is 309 Å². The zero-order valence-corrected chi connectivity index (χ0v) is 30.8. The van der Waals surface area contributed by atoms with E-state index in [1.165, 1.54) is 30.3 Å². The molecule has 2 aliphatic rings. The van der Waals surface area contributed by atoms with Gasteiger partial charge in [-0.1, -0.05) is 83.9 Å². The molecule has 0 aromatic heterocycles. The Bertz CT molecular complexity index is 2340. The van der Waals surface area contributed by atoms with Gasteiger partial charge in [0.05, 0.1) is 19.3 Å². The number of benzene rings is 5. The minimum Gasteiger partial charge on any atom is -0.488 e. The SMILES string of the molecule is Cc1ccc(S(=O)(=O)Oc2cc(OCc3ccccc3)c(C(=O)N3Cc4ccc(CNC5COC5)cc4C3)c(OS(=O)(=O)c3ccc(C)cc3)c2)cc1. The maximum atomic E-state index is 14.6. The van der Waals surface area contributed by atoms with Gasteiger partial charge in [0.1, 0.15) is 33.5 Å². The number of aryl methyl sites for hydroxylation is 2. The Morgan fingerprint density at radius 1 is 0.717 bits per heavy atom. The van der Waals surface area contributed by atoms with E-state index in [0.717, 1.165) is 39.4 Å². The highest BCUT2D eigenvalue weighted by Gasteiger charge is 2.33. The van der Waals surface area contributed by atoms with Crippen LogP contribution in [-0.4, -0.2) is 46.9 Å². The first-order valence-electron chi connectivity index (χ1n) is 17.0. The molecule has 0 unspecified atom stereocenters. The number of hydrogen-bond acceptors (Lipinski definition) is 10. The molecule has 1 N–H and O–H groups in total. The molecule has 0 radical (unpaired) electrons. The predicted molar refractivity (Wildman–Crippen MR) is 197 cm³/mol. The normalized spacial score (nSPS) is 14.3. The number of nitrogens with zero attached hydrogens (tertiary/aromatic N) is 1. The first-order chi connectivity index (χ1) is 25.4. The summed E-state index contributed by atoms with van der Waals surface area (Å²) in [6.45, 7) is 6.11. The highest BCUT2D eigenvalue weighted by molar-refractivity contribution is 7.87. The molecule has 0 aliphatic carbocycles. The van der Waals surface area contributed by atoms with Gasteiger partial charge in [0.2, 0.25) is 0 Å². The van der Waals surface area contributed by atoms with Gasteiger partial charge in [0, 0.05) is 31.8 Å². The lowest BCUT2D eigenvalue weighted by atomic mass is 10.1. The second-order valence-corrected chi connectivity index (χ2v) is 16.2. The van der Waals surface area contributed by atoms with Crippen molar-refractivity contribution in [3.8, 4) is 17.2 Å². The molecule has 2 aliphatic heterocycles. The molecule has 274 valence electrons. The molecular formula is C40H38N2O9S2. The fraction of sp³-hybridized carbons (Fsp3) is 0.225. The number of amides is 1. The van der Waals surface area contributed by atoms with Gasteiger partial charge in [0.25, 0.3) is 5.91 Å². The fourth-order valence-corrected chi connectivity index (χ4v) is 7.81. The standard InChI is InChI=1S/C40H38N2O9S2/c1-27-8-14-35(15-9-27)52(44,45)50-34-19-37(49-24-29-6-4-3-5-7-29)39(38(20-34)51-53(46,47)36-16-10-28(2)11-17-36)40(43)42-22-31-13-12-30(18-32(31)23-42)21-41-33-25-48-26-33/h3-20,33,41H,21-26H2,1-2H3. The summed E-state index contributed by atoms with van der Waals surface area (Å²) in [7, 11) is -8.93. The summed E-state index contributed by atoms with van der Waals surface area (Å²) in [5.74, 6) is -1.44. The number of carbonyl (C=O) groups is 1.